The van der Waals surface area contributed by atoms with Crippen LogP contribution in [0.25, 0.3) is 0 Å². The molecule has 0 aliphatic carbocycles. The summed E-state index contributed by atoms with van der Waals surface area (Å²) in [6, 6.07) is 12.4. The molecule has 21 heavy (non-hydrogen) atoms. The Morgan fingerprint density at radius 2 is 1.62 bits per heavy atom. The molecule has 0 heterocycles. The molecule has 4 heteroatoms. The van der Waals surface area contributed by atoms with E-state index in [-0.39, 0.29) is 0 Å². The summed E-state index contributed by atoms with van der Waals surface area (Å²) in [6.45, 7) is 2.87. The van der Waals surface area contributed by atoms with Gasteiger partial charge in [0.25, 0.3) is 0 Å². The van der Waals surface area contributed by atoms with E-state index in [0.29, 0.717) is 6.54 Å². The monoisotopic (exact) mass is 349 g/mol. The number of rotatable bonds is 6. The molecule has 0 amide bonds. The zero-order valence-corrected chi connectivity index (χ0v) is 14.2. The SMILES string of the molecule is CCc1ccc(NCc2cc(OC)c(OC)cc2Br)cc1. The smallest absolute Gasteiger partial charge is 0.161 e. The van der Waals surface area contributed by atoms with Gasteiger partial charge < -0.3 is 14.8 Å². The topological polar surface area (TPSA) is 30.5 Å². The van der Waals surface area contributed by atoms with E-state index in [1.165, 1.54) is 5.56 Å². The van der Waals surface area contributed by atoms with Crippen molar-refractivity contribution in [3.63, 3.8) is 0 Å². The molecule has 0 fully saturated rings. The van der Waals surface area contributed by atoms with Crippen molar-refractivity contribution >= 4 is 21.6 Å². The number of halogens is 1. The van der Waals surface area contributed by atoms with Gasteiger partial charge in [-0.1, -0.05) is 35.0 Å². The minimum Gasteiger partial charge on any atom is -0.493 e. The van der Waals surface area contributed by atoms with Gasteiger partial charge in [0.2, 0.25) is 0 Å². The molecule has 1 N–H and O–H groups in total. The van der Waals surface area contributed by atoms with Gasteiger partial charge in [0, 0.05) is 16.7 Å². The number of methoxy groups -OCH3 is 2. The maximum atomic E-state index is 5.34. The number of hydrogen-bond donors (Lipinski definition) is 1. The fraction of sp³-hybridized carbons (Fsp3) is 0.294. The van der Waals surface area contributed by atoms with E-state index in [1.807, 2.05) is 12.1 Å². The summed E-state index contributed by atoms with van der Waals surface area (Å²) in [6.07, 6.45) is 1.06. The average molecular weight is 350 g/mol. The van der Waals surface area contributed by atoms with Crippen LogP contribution in [-0.4, -0.2) is 14.2 Å². The number of benzene rings is 2. The normalized spacial score (nSPS) is 10.3. The van der Waals surface area contributed by atoms with Crippen molar-refractivity contribution in [2.45, 2.75) is 19.9 Å². The summed E-state index contributed by atoms with van der Waals surface area (Å²) < 4.78 is 11.6. The van der Waals surface area contributed by atoms with Gasteiger partial charge in [-0.15, -0.1) is 0 Å². The average Bonchev–Trinajstić information content (AvgIpc) is 2.53. The highest BCUT2D eigenvalue weighted by Crippen LogP contribution is 2.33. The standard InChI is InChI=1S/C17H20BrNO2/c1-4-12-5-7-14(8-6-12)19-11-13-9-16(20-2)17(21-3)10-15(13)18/h5-10,19H,4,11H2,1-3H3. The molecule has 0 radical (unpaired) electrons. The first-order chi connectivity index (χ1) is 10.2. The van der Waals surface area contributed by atoms with E-state index in [9.17, 15) is 0 Å². The number of anilines is 1. The Morgan fingerprint density at radius 3 is 2.19 bits per heavy atom. The first-order valence-electron chi connectivity index (χ1n) is 6.91. The van der Waals surface area contributed by atoms with Gasteiger partial charge in [0.05, 0.1) is 14.2 Å². The van der Waals surface area contributed by atoms with Crippen LogP contribution in [0, 0.1) is 0 Å². The number of hydrogen-bond acceptors (Lipinski definition) is 3. The van der Waals surface area contributed by atoms with E-state index in [2.05, 4.69) is 52.4 Å². The predicted octanol–water partition coefficient (Wildman–Crippen LogP) is 4.64. The van der Waals surface area contributed by atoms with E-state index in [1.54, 1.807) is 14.2 Å². The second-order valence-corrected chi connectivity index (χ2v) is 5.56. The summed E-state index contributed by atoms with van der Waals surface area (Å²) in [5.74, 6) is 1.46. The zero-order valence-electron chi connectivity index (χ0n) is 12.6. The van der Waals surface area contributed by atoms with Gasteiger partial charge in [0.15, 0.2) is 11.5 Å². The van der Waals surface area contributed by atoms with Crippen LogP contribution in [0.4, 0.5) is 5.69 Å². The maximum absolute atomic E-state index is 5.34. The summed E-state index contributed by atoms with van der Waals surface area (Å²) in [5.41, 5.74) is 3.56. The van der Waals surface area contributed by atoms with Crippen LogP contribution in [0.15, 0.2) is 40.9 Å². The number of nitrogens with one attached hydrogen (secondary N) is 1. The third-order valence-electron chi connectivity index (χ3n) is 3.40. The van der Waals surface area contributed by atoms with E-state index in [4.69, 9.17) is 9.47 Å². The summed E-state index contributed by atoms with van der Waals surface area (Å²) in [4.78, 5) is 0. The molecule has 0 aromatic heterocycles. The third-order valence-corrected chi connectivity index (χ3v) is 4.14. The number of ether oxygens (including phenoxy) is 2. The van der Waals surface area contributed by atoms with Crippen molar-refractivity contribution in [2.24, 2.45) is 0 Å². The van der Waals surface area contributed by atoms with E-state index in [0.717, 1.165) is 33.6 Å². The molecule has 0 aliphatic heterocycles. The zero-order chi connectivity index (χ0) is 15.2. The van der Waals surface area contributed by atoms with Crippen molar-refractivity contribution in [1.82, 2.24) is 0 Å². The van der Waals surface area contributed by atoms with Crippen molar-refractivity contribution in [1.29, 1.82) is 0 Å². The first-order valence-corrected chi connectivity index (χ1v) is 7.70. The van der Waals surface area contributed by atoms with Gasteiger partial charge in [-0.25, -0.2) is 0 Å². The highest BCUT2D eigenvalue weighted by atomic mass is 79.9. The molecule has 0 unspecified atom stereocenters. The lowest BCUT2D eigenvalue weighted by Crippen LogP contribution is -2.02. The predicted molar refractivity (Wildman–Crippen MR) is 90.4 cm³/mol. The molecule has 0 saturated carbocycles. The lowest BCUT2D eigenvalue weighted by molar-refractivity contribution is 0.354. The Labute approximate surface area is 134 Å². The Bertz CT molecular complexity index is 596. The Morgan fingerprint density at radius 1 is 1.00 bits per heavy atom. The molecule has 0 atom stereocenters. The Kier molecular flexibility index (Phi) is 5.51. The van der Waals surface area contributed by atoms with Crippen molar-refractivity contribution in [3.05, 3.63) is 52.0 Å². The van der Waals surface area contributed by atoms with Crippen LogP contribution < -0.4 is 14.8 Å². The Hall–Kier alpha value is -1.68. The van der Waals surface area contributed by atoms with Gasteiger partial charge in [0.1, 0.15) is 0 Å². The van der Waals surface area contributed by atoms with Crippen molar-refractivity contribution in [2.75, 3.05) is 19.5 Å². The highest BCUT2D eigenvalue weighted by molar-refractivity contribution is 9.10. The first kappa shape index (κ1) is 15.7. The lowest BCUT2D eigenvalue weighted by atomic mass is 10.1. The molecule has 2 rings (SSSR count). The lowest BCUT2D eigenvalue weighted by Gasteiger charge is -2.13. The molecule has 2 aromatic carbocycles. The molecule has 112 valence electrons. The van der Waals surface area contributed by atoms with Crippen LogP contribution in [0.3, 0.4) is 0 Å². The summed E-state index contributed by atoms with van der Waals surface area (Å²) >= 11 is 3.57. The summed E-state index contributed by atoms with van der Waals surface area (Å²) in [7, 11) is 3.28. The minimum absolute atomic E-state index is 0.715. The summed E-state index contributed by atoms with van der Waals surface area (Å²) in [5, 5.41) is 3.42. The van der Waals surface area contributed by atoms with Gasteiger partial charge in [-0.2, -0.15) is 0 Å². The van der Waals surface area contributed by atoms with Crippen LogP contribution >= 0.6 is 15.9 Å². The molecule has 3 nitrogen and oxygen atoms in total. The van der Waals surface area contributed by atoms with Crippen LogP contribution in [-0.2, 0) is 13.0 Å². The van der Waals surface area contributed by atoms with Crippen LogP contribution in [0.2, 0.25) is 0 Å². The third kappa shape index (κ3) is 3.91. The number of aryl methyl sites for hydroxylation is 1. The second kappa shape index (κ2) is 7.36. The molecular weight excluding hydrogens is 330 g/mol. The molecule has 0 saturated heterocycles. The molecule has 2 aromatic rings. The Balaban J connectivity index is 2.11. The van der Waals surface area contributed by atoms with E-state index < -0.39 is 0 Å². The quantitative estimate of drug-likeness (QED) is 0.823. The largest absolute Gasteiger partial charge is 0.493 e. The van der Waals surface area contributed by atoms with E-state index >= 15 is 0 Å². The highest BCUT2D eigenvalue weighted by Gasteiger charge is 2.09. The fourth-order valence-electron chi connectivity index (χ4n) is 2.09. The van der Waals surface area contributed by atoms with Crippen LogP contribution in [0.5, 0.6) is 11.5 Å². The maximum Gasteiger partial charge on any atom is 0.161 e. The molecule has 0 spiro atoms. The minimum atomic E-state index is 0.715. The molecular formula is C17H20BrNO2. The van der Waals surface area contributed by atoms with Gasteiger partial charge >= 0.3 is 0 Å². The van der Waals surface area contributed by atoms with Gasteiger partial charge in [-0.3, -0.25) is 0 Å². The van der Waals surface area contributed by atoms with Crippen molar-refractivity contribution < 1.29 is 9.47 Å². The fourth-order valence-corrected chi connectivity index (χ4v) is 2.55. The molecule has 0 aliphatic rings. The van der Waals surface area contributed by atoms with Crippen LogP contribution in [0.1, 0.15) is 18.1 Å². The van der Waals surface area contributed by atoms with Gasteiger partial charge in [-0.05, 0) is 41.8 Å². The second-order valence-electron chi connectivity index (χ2n) is 4.70. The van der Waals surface area contributed by atoms with Crippen molar-refractivity contribution in [3.8, 4) is 11.5 Å². The molecule has 0 bridgehead atoms.